The molecule has 6 aromatic rings. The summed E-state index contributed by atoms with van der Waals surface area (Å²) in [6.07, 6.45) is 8.20. The van der Waals surface area contributed by atoms with Gasteiger partial charge in [-0.05, 0) is 66.8 Å². The minimum absolute atomic E-state index is 0.00145. The van der Waals surface area contributed by atoms with Crippen molar-refractivity contribution in [2.75, 3.05) is 6.61 Å². The van der Waals surface area contributed by atoms with E-state index >= 15 is 8.78 Å². The van der Waals surface area contributed by atoms with Crippen LogP contribution in [0.4, 0.5) is 8.78 Å². The molecule has 0 aliphatic carbocycles. The number of carboxylic acid groups (broad SMARTS) is 1. The van der Waals surface area contributed by atoms with Crippen LogP contribution in [-0.2, 0) is 44.2 Å². The maximum Gasteiger partial charge on any atom is 0.335 e. The number of pyridine rings is 1. The van der Waals surface area contributed by atoms with Crippen LogP contribution in [-0.4, -0.2) is 53.1 Å². The zero-order valence-corrected chi connectivity index (χ0v) is 26.2. The Balaban J connectivity index is 1.06. The van der Waals surface area contributed by atoms with Crippen molar-refractivity contribution >= 4 is 28.3 Å². The van der Waals surface area contributed by atoms with Crippen molar-refractivity contribution in [1.82, 2.24) is 29.3 Å². The van der Waals surface area contributed by atoms with Crippen LogP contribution in [0.1, 0.15) is 43.6 Å². The number of ether oxygens (including phenoxy) is 2. The second-order valence-corrected chi connectivity index (χ2v) is 12.6. The molecule has 240 valence electrons. The van der Waals surface area contributed by atoms with Gasteiger partial charge < -0.3 is 19.1 Å². The van der Waals surface area contributed by atoms with Crippen molar-refractivity contribution in [3.63, 3.8) is 0 Å². The summed E-state index contributed by atoms with van der Waals surface area (Å²) in [5.74, 6) is -1.55. The molecular weight excluding hydrogens is 626 g/mol. The average molecular weight is 657 g/mol. The Morgan fingerprint density at radius 3 is 2.74 bits per heavy atom. The Morgan fingerprint density at radius 1 is 1.11 bits per heavy atom. The number of aromatic nitrogens is 6. The fourth-order valence-electron chi connectivity index (χ4n) is 5.55. The maximum atomic E-state index is 15.6. The predicted octanol–water partition coefficient (Wildman–Crippen LogP) is 6.01. The molecule has 13 heteroatoms. The lowest BCUT2D eigenvalue weighted by Crippen LogP contribution is -2.31. The molecule has 5 heterocycles. The molecule has 10 nitrogen and oxygen atoms in total. The number of aromatic carboxylic acids is 1. The molecule has 2 aromatic carbocycles. The summed E-state index contributed by atoms with van der Waals surface area (Å²) in [6.45, 7) is 1.28. The summed E-state index contributed by atoms with van der Waals surface area (Å²) < 4.78 is 46.2. The Hall–Kier alpha value is -5.01. The Kier molecular flexibility index (Phi) is 8.48. The van der Waals surface area contributed by atoms with Crippen molar-refractivity contribution < 1.29 is 28.2 Å². The number of carbonyl (C=O) groups is 1. The quantitative estimate of drug-likeness (QED) is 0.170. The average Bonchev–Trinajstić information content (AvgIpc) is 3.76. The van der Waals surface area contributed by atoms with E-state index in [1.165, 1.54) is 6.07 Å². The van der Waals surface area contributed by atoms with Crippen LogP contribution in [0, 0.1) is 11.6 Å². The third-order valence-corrected chi connectivity index (χ3v) is 9.13. The number of fused-ring (bicyclic) bond motifs is 1. The van der Waals surface area contributed by atoms with Gasteiger partial charge in [0.05, 0.1) is 41.1 Å². The van der Waals surface area contributed by atoms with Gasteiger partial charge >= 0.3 is 5.97 Å². The Morgan fingerprint density at radius 2 is 1.98 bits per heavy atom. The molecule has 47 heavy (non-hydrogen) atoms. The third-order valence-electron chi connectivity index (χ3n) is 8.10. The van der Waals surface area contributed by atoms with Gasteiger partial charge in [0.1, 0.15) is 29.1 Å². The van der Waals surface area contributed by atoms with E-state index in [-0.39, 0.29) is 47.4 Å². The van der Waals surface area contributed by atoms with Crippen molar-refractivity contribution in [3.05, 3.63) is 111 Å². The molecule has 1 aliphatic rings. The lowest BCUT2D eigenvalue weighted by molar-refractivity contribution is -0.0589. The van der Waals surface area contributed by atoms with Gasteiger partial charge in [-0.2, -0.15) is 5.10 Å². The normalized spacial score (nSPS) is 14.4. The standard InChI is InChI=1S/C34H30F2N6O4S/c1-41-17-20(15-38-41)5-7-24-16-37-33(47-24)19-46-32-4-2-3-28(40-32)25-14-26(35)22(11-27(25)36)13-31-39-29-8-6-21(34(43)44)12-30(29)42(31)18-23-9-10-45-23/h2-4,6,8,11-12,14-17,23H,5,7,9-10,13,18-19H2,1H3,(H,43,44)/t23-/m0/s1. The van der Waals surface area contributed by atoms with Gasteiger partial charge in [-0.15, -0.1) is 11.3 Å². The second-order valence-electron chi connectivity index (χ2n) is 11.4. The monoisotopic (exact) mass is 656 g/mol. The van der Waals surface area contributed by atoms with E-state index in [1.807, 2.05) is 30.2 Å². The van der Waals surface area contributed by atoms with Crippen LogP contribution in [0.5, 0.6) is 5.88 Å². The number of benzene rings is 2. The number of aryl methyl sites for hydroxylation is 3. The van der Waals surface area contributed by atoms with Crippen molar-refractivity contribution in [3.8, 4) is 17.1 Å². The van der Waals surface area contributed by atoms with E-state index in [0.29, 0.717) is 30.0 Å². The highest BCUT2D eigenvalue weighted by Gasteiger charge is 2.24. The van der Waals surface area contributed by atoms with E-state index < -0.39 is 17.6 Å². The van der Waals surface area contributed by atoms with Crippen molar-refractivity contribution in [2.24, 2.45) is 7.05 Å². The molecule has 1 aliphatic heterocycles. The summed E-state index contributed by atoms with van der Waals surface area (Å²) >= 11 is 1.56. The van der Waals surface area contributed by atoms with E-state index in [9.17, 15) is 9.90 Å². The van der Waals surface area contributed by atoms with Crippen LogP contribution < -0.4 is 4.74 Å². The van der Waals surface area contributed by atoms with Crippen LogP contribution in [0.3, 0.4) is 0 Å². The molecule has 4 aromatic heterocycles. The Labute approximate surface area is 272 Å². The SMILES string of the molecule is Cn1cc(CCc2cnc(COc3cccc(-c4cc(F)c(Cc5nc6ccc(C(=O)O)cc6n5C[C@@H]5CCO5)cc4F)n3)s2)cn1. The van der Waals surface area contributed by atoms with Crippen molar-refractivity contribution in [2.45, 2.75) is 44.9 Å². The maximum absolute atomic E-state index is 15.6. The van der Waals surface area contributed by atoms with Gasteiger partial charge in [-0.25, -0.2) is 28.5 Å². The lowest BCUT2D eigenvalue weighted by atomic mass is 10.0. The molecule has 0 radical (unpaired) electrons. The number of halogens is 2. The molecule has 0 bridgehead atoms. The number of imidazole rings is 1. The highest BCUT2D eigenvalue weighted by molar-refractivity contribution is 7.11. The first-order chi connectivity index (χ1) is 22.8. The van der Waals surface area contributed by atoms with E-state index in [0.717, 1.165) is 46.8 Å². The number of hydrogen-bond acceptors (Lipinski definition) is 8. The van der Waals surface area contributed by atoms with Gasteiger partial charge in [-0.3, -0.25) is 4.68 Å². The Bertz CT molecular complexity index is 2090. The number of thiazole rings is 1. The molecule has 0 saturated carbocycles. The zero-order valence-electron chi connectivity index (χ0n) is 25.4. The van der Waals surface area contributed by atoms with Gasteiger partial charge in [-0.1, -0.05) is 6.07 Å². The molecule has 1 N–H and O–H groups in total. The first kappa shape index (κ1) is 30.6. The van der Waals surface area contributed by atoms with Crippen LogP contribution in [0.2, 0.25) is 0 Å². The first-order valence-corrected chi connectivity index (χ1v) is 15.9. The minimum atomic E-state index is -1.06. The highest BCUT2D eigenvalue weighted by Crippen LogP contribution is 2.29. The van der Waals surface area contributed by atoms with Crippen LogP contribution in [0.15, 0.2) is 67.1 Å². The van der Waals surface area contributed by atoms with Gasteiger partial charge in [0, 0.05) is 49.0 Å². The molecular formula is C34H30F2N6O4S. The predicted molar refractivity (Wildman–Crippen MR) is 171 cm³/mol. The summed E-state index contributed by atoms with van der Waals surface area (Å²) in [6, 6.07) is 11.9. The topological polar surface area (TPSA) is 117 Å². The molecule has 7 rings (SSSR count). The largest absolute Gasteiger partial charge is 0.478 e. The van der Waals surface area contributed by atoms with Crippen LogP contribution in [0.25, 0.3) is 22.3 Å². The highest BCUT2D eigenvalue weighted by atomic mass is 32.1. The van der Waals surface area contributed by atoms with Gasteiger partial charge in [0.15, 0.2) is 0 Å². The number of nitrogens with zero attached hydrogens (tertiary/aromatic N) is 6. The summed E-state index contributed by atoms with van der Waals surface area (Å²) in [5, 5.41) is 14.5. The lowest BCUT2D eigenvalue weighted by Gasteiger charge is -2.27. The van der Waals surface area contributed by atoms with Gasteiger partial charge in [0.25, 0.3) is 0 Å². The van der Waals surface area contributed by atoms with Crippen LogP contribution >= 0.6 is 11.3 Å². The summed E-state index contributed by atoms with van der Waals surface area (Å²) in [5.41, 5.74) is 2.81. The first-order valence-electron chi connectivity index (χ1n) is 15.1. The number of rotatable bonds is 12. The molecule has 1 fully saturated rings. The number of hydrogen-bond donors (Lipinski definition) is 1. The van der Waals surface area contributed by atoms with E-state index in [2.05, 4.69) is 20.1 Å². The summed E-state index contributed by atoms with van der Waals surface area (Å²) in [4.78, 5) is 26.3. The molecule has 0 spiro atoms. The van der Waals surface area contributed by atoms with Gasteiger partial charge in [0.2, 0.25) is 5.88 Å². The minimum Gasteiger partial charge on any atom is -0.478 e. The molecule has 1 atom stereocenters. The van der Waals surface area contributed by atoms with Crippen molar-refractivity contribution in [1.29, 1.82) is 0 Å². The molecule has 0 amide bonds. The summed E-state index contributed by atoms with van der Waals surface area (Å²) in [7, 11) is 1.89. The van der Waals surface area contributed by atoms with E-state index in [1.54, 1.807) is 46.4 Å². The molecule has 0 unspecified atom stereocenters. The second kappa shape index (κ2) is 13.0. The smallest absolute Gasteiger partial charge is 0.335 e. The fraction of sp³-hybridized carbons (Fsp3) is 0.265. The molecule has 1 saturated heterocycles. The fourth-order valence-corrected chi connectivity index (χ4v) is 6.38. The zero-order chi connectivity index (χ0) is 32.5. The van der Waals surface area contributed by atoms with E-state index in [4.69, 9.17) is 9.47 Å². The number of carboxylic acids is 1. The third kappa shape index (κ3) is 6.76.